The molecule has 1 heterocycles. The lowest BCUT2D eigenvalue weighted by Gasteiger charge is -2.26. The molecule has 0 aliphatic heterocycles. The van der Waals surface area contributed by atoms with Gasteiger partial charge in [0.15, 0.2) is 17.2 Å². The Morgan fingerprint density at radius 1 is 0.692 bits per heavy atom. The molecule has 0 spiro atoms. The van der Waals surface area contributed by atoms with Gasteiger partial charge >= 0.3 is 24.5 Å². The van der Waals surface area contributed by atoms with Crippen molar-refractivity contribution in [3.63, 3.8) is 0 Å². The SMILES string of the molecule is COc1cc(CN(Cc2cc(C(F)(F)F)cc(C(F)(F)F)c2)c2ncc(OCCCC(=O)O)cn2)c(-c2cc(C(F)(F)F)ccc2OC)cc1OC. The molecule has 0 radical (unpaired) electrons. The van der Waals surface area contributed by atoms with E-state index in [-0.39, 0.29) is 71.2 Å². The smallest absolute Gasteiger partial charge is 0.416 e. The summed E-state index contributed by atoms with van der Waals surface area (Å²) < 4.78 is 146. The third kappa shape index (κ3) is 9.88. The Morgan fingerprint density at radius 3 is 1.77 bits per heavy atom. The van der Waals surface area contributed by atoms with Crippen LogP contribution < -0.4 is 23.8 Å². The van der Waals surface area contributed by atoms with E-state index in [1.165, 1.54) is 38.4 Å². The Morgan fingerprint density at radius 2 is 1.25 bits per heavy atom. The maximum Gasteiger partial charge on any atom is 0.416 e. The van der Waals surface area contributed by atoms with Gasteiger partial charge in [-0.25, -0.2) is 9.97 Å². The van der Waals surface area contributed by atoms with Gasteiger partial charge in [-0.05, 0) is 71.6 Å². The van der Waals surface area contributed by atoms with Crippen molar-refractivity contribution in [2.75, 3.05) is 32.8 Å². The molecule has 0 bridgehead atoms. The lowest BCUT2D eigenvalue weighted by atomic mass is 9.95. The topological polar surface area (TPSA) is 103 Å². The number of methoxy groups -OCH3 is 3. The molecule has 0 unspecified atom stereocenters. The number of nitrogens with zero attached hydrogens (tertiary/aromatic N) is 3. The second kappa shape index (κ2) is 15.9. The first-order valence-corrected chi connectivity index (χ1v) is 15.0. The van der Waals surface area contributed by atoms with Gasteiger partial charge in [0.05, 0.1) is 57.0 Å². The fourth-order valence-corrected chi connectivity index (χ4v) is 5.09. The molecule has 0 saturated carbocycles. The molecule has 1 N–H and O–H groups in total. The summed E-state index contributed by atoms with van der Waals surface area (Å²) in [5, 5.41) is 8.82. The number of ether oxygens (including phenoxy) is 4. The van der Waals surface area contributed by atoms with Gasteiger partial charge in [-0.15, -0.1) is 0 Å². The van der Waals surface area contributed by atoms with E-state index < -0.39 is 59.8 Å². The number of hydrogen-bond donors (Lipinski definition) is 1. The minimum Gasteiger partial charge on any atom is -0.496 e. The number of hydrogen-bond acceptors (Lipinski definition) is 8. The standard InChI is InChI=1S/C34H30F9N3O6/c1-49-27-7-6-21(32(35,36)37)13-26(27)25-14-29(51-3)28(50-2)11-20(25)18-46(31-44-15-24(16-45-31)52-8-4-5-30(47)48)17-19-9-22(33(38,39)40)12-23(10-19)34(41,42)43/h6-7,9-16H,4-5,8,17-18H2,1-3H3,(H,47,48). The van der Waals surface area contributed by atoms with Gasteiger partial charge in [-0.2, -0.15) is 39.5 Å². The van der Waals surface area contributed by atoms with Crippen LogP contribution in [-0.2, 0) is 36.4 Å². The van der Waals surface area contributed by atoms with Crippen molar-refractivity contribution in [2.24, 2.45) is 0 Å². The lowest BCUT2D eigenvalue weighted by Crippen LogP contribution is -2.25. The molecule has 0 aliphatic carbocycles. The number of carboxylic acids is 1. The average molecular weight is 748 g/mol. The summed E-state index contributed by atoms with van der Waals surface area (Å²) in [6.45, 7) is -1.10. The molecule has 0 fully saturated rings. The summed E-state index contributed by atoms with van der Waals surface area (Å²) in [5.74, 6) is -1.02. The van der Waals surface area contributed by atoms with Gasteiger partial charge in [-0.1, -0.05) is 0 Å². The van der Waals surface area contributed by atoms with E-state index in [0.717, 1.165) is 30.6 Å². The number of anilines is 1. The van der Waals surface area contributed by atoms with Crippen LogP contribution in [0.5, 0.6) is 23.0 Å². The number of benzene rings is 3. The van der Waals surface area contributed by atoms with E-state index in [4.69, 9.17) is 24.1 Å². The van der Waals surface area contributed by atoms with Crippen LogP contribution in [0, 0.1) is 0 Å². The van der Waals surface area contributed by atoms with Crippen LogP contribution in [0.2, 0.25) is 0 Å². The molecule has 52 heavy (non-hydrogen) atoms. The summed E-state index contributed by atoms with van der Waals surface area (Å²) in [6, 6.07) is 6.51. The van der Waals surface area contributed by atoms with Crippen molar-refractivity contribution < 1.29 is 68.4 Å². The Kier molecular flexibility index (Phi) is 12.0. The minimum absolute atomic E-state index is 0.00127. The zero-order chi connectivity index (χ0) is 38.4. The zero-order valence-corrected chi connectivity index (χ0v) is 27.5. The van der Waals surface area contributed by atoms with Gasteiger partial charge in [0, 0.05) is 25.1 Å². The molecule has 9 nitrogen and oxygen atoms in total. The first-order valence-electron chi connectivity index (χ1n) is 15.0. The van der Waals surface area contributed by atoms with Crippen molar-refractivity contribution in [2.45, 2.75) is 44.5 Å². The van der Waals surface area contributed by atoms with E-state index in [0.29, 0.717) is 12.1 Å². The van der Waals surface area contributed by atoms with Crippen LogP contribution in [0.15, 0.2) is 60.9 Å². The number of halogens is 9. The quantitative estimate of drug-likeness (QED) is 0.100. The molecule has 4 rings (SSSR count). The molecule has 0 amide bonds. The summed E-state index contributed by atoms with van der Waals surface area (Å²) in [7, 11) is 3.79. The molecule has 1 aromatic heterocycles. The average Bonchev–Trinajstić information content (AvgIpc) is 3.08. The molecule has 280 valence electrons. The fraction of sp³-hybridized carbons (Fsp3) is 0.324. The van der Waals surface area contributed by atoms with Crippen molar-refractivity contribution in [3.05, 3.63) is 88.7 Å². The molecular weight excluding hydrogens is 717 g/mol. The van der Waals surface area contributed by atoms with Crippen molar-refractivity contribution >= 4 is 11.9 Å². The van der Waals surface area contributed by atoms with Crippen molar-refractivity contribution in [1.82, 2.24) is 9.97 Å². The highest BCUT2D eigenvalue weighted by molar-refractivity contribution is 5.77. The number of carboxylic acid groups (broad SMARTS) is 1. The number of aliphatic carboxylic acids is 1. The highest BCUT2D eigenvalue weighted by atomic mass is 19.4. The molecule has 18 heteroatoms. The summed E-state index contributed by atoms with van der Waals surface area (Å²) >= 11 is 0. The van der Waals surface area contributed by atoms with E-state index in [9.17, 15) is 44.3 Å². The largest absolute Gasteiger partial charge is 0.496 e. The summed E-state index contributed by atoms with van der Waals surface area (Å²) in [5.41, 5.74) is -4.43. The van der Waals surface area contributed by atoms with E-state index in [2.05, 4.69) is 9.97 Å². The molecular formula is C34H30F9N3O6. The molecule has 3 aromatic carbocycles. The number of alkyl halides is 9. The van der Waals surface area contributed by atoms with E-state index in [1.54, 1.807) is 0 Å². The third-order valence-electron chi connectivity index (χ3n) is 7.51. The lowest BCUT2D eigenvalue weighted by molar-refractivity contribution is -0.143. The van der Waals surface area contributed by atoms with Gasteiger partial charge in [0.1, 0.15) is 5.75 Å². The second-order valence-corrected chi connectivity index (χ2v) is 11.1. The van der Waals surface area contributed by atoms with Crippen LogP contribution >= 0.6 is 0 Å². The molecule has 4 aromatic rings. The molecule has 0 atom stereocenters. The number of rotatable bonds is 14. The van der Waals surface area contributed by atoms with E-state index in [1.807, 2.05) is 0 Å². The van der Waals surface area contributed by atoms with Crippen molar-refractivity contribution in [1.29, 1.82) is 0 Å². The monoisotopic (exact) mass is 747 g/mol. The Bertz CT molecular complexity index is 1830. The number of carbonyl (C=O) groups is 1. The van der Waals surface area contributed by atoms with Gasteiger partial charge < -0.3 is 29.0 Å². The molecule has 0 saturated heterocycles. The van der Waals surface area contributed by atoms with Crippen LogP contribution in [0.25, 0.3) is 11.1 Å². The van der Waals surface area contributed by atoms with Gasteiger partial charge in [0.2, 0.25) is 5.95 Å². The Labute approximate surface area is 290 Å². The van der Waals surface area contributed by atoms with Gasteiger partial charge in [-0.3, -0.25) is 4.79 Å². The number of aromatic nitrogens is 2. The maximum atomic E-state index is 13.8. The summed E-state index contributed by atoms with van der Waals surface area (Å²) in [6.07, 6.45) is -12.8. The zero-order valence-electron chi connectivity index (χ0n) is 27.5. The predicted molar refractivity (Wildman–Crippen MR) is 167 cm³/mol. The highest BCUT2D eigenvalue weighted by Crippen LogP contribution is 2.43. The fourth-order valence-electron chi connectivity index (χ4n) is 5.09. The second-order valence-electron chi connectivity index (χ2n) is 11.1. The first-order chi connectivity index (χ1) is 24.3. The third-order valence-corrected chi connectivity index (χ3v) is 7.51. The minimum atomic E-state index is -5.15. The van der Waals surface area contributed by atoms with E-state index >= 15 is 0 Å². The normalized spacial score (nSPS) is 12.0. The van der Waals surface area contributed by atoms with Crippen LogP contribution in [0.3, 0.4) is 0 Å². The predicted octanol–water partition coefficient (Wildman–Crippen LogP) is 8.68. The maximum absolute atomic E-state index is 13.8. The van der Waals surface area contributed by atoms with Crippen LogP contribution in [-0.4, -0.2) is 49.0 Å². The highest BCUT2D eigenvalue weighted by Gasteiger charge is 2.37. The van der Waals surface area contributed by atoms with Crippen LogP contribution in [0.4, 0.5) is 45.5 Å². The van der Waals surface area contributed by atoms with Crippen molar-refractivity contribution in [3.8, 4) is 34.1 Å². The van der Waals surface area contributed by atoms with Gasteiger partial charge in [0.25, 0.3) is 0 Å². The summed E-state index contributed by atoms with van der Waals surface area (Å²) in [4.78, 5) is 20.4. The molecule has 0 aliphatic rings. The first kappa shape index (κ1) is 39.4. The van der Waals surface area contributed by atoms with Crippen LogP contribution in [0.1, 0.15) is 40.7 Å². The Hall–Kier alpha value is -5.42. The Balaban J connectivity index is 1.89.